The van der Waals surface area contributed by atoms with E-state index in [4.69, 9.17) is 0 Å². The number of carbonyl (C=O) groups excluding carboxylic acids is 1. The Bertz CT molecular complexity index is 496. The topological polar surface area (TPSA) is 41.1 Å². The molecule has 3 nitrogen and oxygen atoms in total. The summed E-state index contributed by atoms with van der Waals surface area (Å²) < 4.78 is 13.2. The Morgan fingerprint density at radius 2 is 1.70 bits per heavy atom. The first-order chi connectivity index (χ1) is 10.7. The lowest BCUT2D eigenvalue weighted by atomic mass is 9.90. The van der Waals surface area contributed by atoms with Crippen LogP contribution in [0.4, 0.5) is 4.39 Å². The minimum atomic E-state index is -0.224. The first-order valence-corrected chi connectivity index (χ1v) is 8.50. The standard InChI is InChI=1S/C18H25FN2O.ClH/c19-16-7-5-14(6-8-16)17(13-3-1-2-4-13)21-18(22)15-9-11-20-12-10-15;/h5-8,13,15,17,20H,1-4,9-12H2,(H,21,22);1H. The smallest absolute Gasteiger partial charge is 0.223 e. The van der Waals surface area contributed by atoms with E-state index in [0.29, 0.717) is 5.92 Å². The molecular weight excluding hydrogens is 315 g/mol. The van der Waals surface area contributed by atoms with Crippen LogP contribution in [0.15, 0.2) is 24.3 Å². The molecule has 1 heterocycles. The van der Waals surface area contributed by atoms with Gasteiger partial charge in [-0.05, 0) is 62.4 Å². The highest BCUT2D eigenvalue weighted by atomic mass is 35.5. The van der Waals surface area contributed by atoms with Crippen molar-refractivity contribution in [2.75, 3.05) is 13.1 Å². The molecule has 23 heavy (non-hydrogen) atoms. The van der Waals surface area contributed by atoms with Gasteiger partial charge in [0.1, 0.15) is 5.82 Å². The molecule has 1 aliphatic heterocycles. The summed E-state index contributed by atoms with van der Waals surface area (Å²) in [6, 6.07) is 6.66. The summed E-state index contributed by atoms with van der Waals surface area (Å²) in [4.78, 5) is 12.6. The Balaban J connectivity index is 0.00000192. The molecular formula is C18H26ClFN2O. The summed E-state index contributed by atoms with van der Waals surface area (Å²) in [5.74, 6) is 0.544. The SMILES string of the molecule is Cl.O=C(NC(c1ccc(F)cc1)C1CCCC1)C1CCNCC1. The van der Waals surface area contributed by atoms with E-state index in [1.807, 2.05) is 12.1 Å². The van der Waals surface area contributed by atoms with E-state index in [-0.39, 0.29) is 36.1 Å². The average molecular weight is 341 g/mol. The summed E-state index contributed by atoms with van der Waals surface area (Å²) in [6.07, 6.45) is 6.57. The number of nitrogens with one attached hydrogen (secondary N) is 2. The third-order valence-electron chi connectivity index (χ3n) is 5.11. The molecule has 2 N–H and O–H groups in total. The van der Waals surface area contributed by atoms with Crippen LogP contribution >= 0.6 is 12.4 Å². The molecule has 0 bridgehead atoms. The van der Waals surface area contributed by atoms with Crippen molar-refractivity contribution in [3.8, 4) is 0 Å². The van der Waals surface area contributed by atoms with Gasteiger partial charge in [0.25, 0.3) is 0 Å². The quantitative estimate of drug-likeness (QED) is 0.879. The van der Waals surface area contributed by atoms with Gasteiger partial charge in [-0.15, -0.1) is 12.4 Å². The van der Waals surface area contributed by atoms with Crippen LogP contribution in [0.3, 0.4) is 0 Å². The number of piperidine rings is 1. The highest BCUT2D eigenvalue weighted by Crippen LogP contribution is 2.36. The maximum Gasteiger partial charge on any atom is 0.223 e. The van der Waals surface area contributed by atoms with Gasteiger partial charge in [-0.1, -0.05) is 25.0 Å². The highest BCUT2D eigenvalue weighted by molar-refractivity contribution is 5.85. The van der Waals surface area contributed by atoms with Gasteiger partial charge in [0, 0.05) is 5.92 Å². The van der Waals surface area contributed by atoms with E-state index < -0.39 is 0 Å². The molecule has 1 aromatic rings. The van der Waals surface area contributed by atoms with Gasteiger partial charge in [-0.2, -0.15) is 0 Å². The number of benzene rings is 1. The first kappa shape index (κ1) is 18.2. The second-order valence-electron chi connectivity index (χ2n) is 6.61. The zero-order valence-electron chi connectivity index (χ0n) is 13.4. The monoisotopic (exact) mass is 340 g/mol. The molecule has 1 amide bonds. The Labute approximate surface area is 143 Å². The minimum Gasteiger partial charge on any atom is -0.349 e. The Morgan fingerprint density at radius 3 is 2.30 bits per heavy atom. The average Bonchev–Trinajstić information content (AvgIpc) is 3.08. The van der Waals surface area contributed by atoms with Gasteiger partial charge in [0.15, 0.2) is 0 Å². The summed E-state index contributed by atoms with van der Waals surface area (Å²) in [5, 5.41) is 6.57. The Kier molecular flexibility index (Phi) is 6.85. The first-order valence-electron chi connectivity index (χ1n) is 8.50. The lowest BCUT2D eigenvalue weighted by Crippen LogP contribution is -2.41. The number of carbonyl (C=O) groups is 1. The number of hydrogen-bond donors (Lipinski definition) is 2. The molecule has 0 aromatic heterocycles. The summed E-state index contributed by atoms with van der Waals surface area (Å²) in [7, 11) is 0. The molecule has 1 aliphatic carbocycles. The van der Waals surface area contributed by atoms with Gasteiger partial charge >= 0.3 is 0 Å². The highest BCUT2D eigenvalue weighted by Gasteiger charge is 2.30. The lowest BCUT2D eigenvalue weighted by Gasteiger charge is -2.29. The predicted molar refractivity (Wildman–Crippen MR) is 92.1 cm³/mol. The molecule has 1 unspecified atom stereocenters. The number of halogens is 2. The molecule has 1 saturated carbocycles. The van der Waals surface area contributed by atoms with E-state index in [1.54, 1.807) is 0 Å². The molecule has 2 aliphatic rings. The molecule has 0 radical (unpaired) electrons. The van der Waals surface area contributed by atoms with Crippen LogP contribution in [0, 0.1) is 17.7 Å². The predicted octanol–water partition coefficient (Wildman–Crippen LogP) is 3.59. The molecule has 5 heteroatoms. The zero-order valence-corrected chi connectivity index (χ0v) is 14.2. The summed E-state index contributed by atoms with van der Waals surface area (Å²) in [5.41, 5.74) is 1.04. The third-order valence-corrected chi connectivity index (χ3v) is 5.11. The van der Waals surface area contributed by atoms with Crippen molar-refractivity contribution in [2.24, 2.45) is 11.8 Å². The van der Waals surface area contributed by atoms with Crippen LogP contribution in [0.25, 0.3) is 0 Å². The number of hydrogen-bond acceptors (Lipinski definition) is 2. The minimum absolute atomic E-state index is 0. The van der Waals surface area contributed by atoms with E-state index >= 15 is 0 Å². The normalized spacial score (nSPS) is 20.7. The molecule has 1 saturated heterocycles. The zero-order chi connectivity index (χ0) is 15.4. The van der Waals surface area contributed by atoms with Gasteiger partial charge in [0.2, 0.25) is 5.91 Å². The maximum absolute atomic E-state index is 13.2. The fourth-order valence-corrected chi connectivity index (χ4v) is 3.79. The van der Waals surface area contributed by atoms with Gasteiger partial charge in [-0.25, -0.2) is 4.39 Å². The van der Waals surface area contributed by atoms with E-state index in [1.165, 1.54) is 25.0 Å². The number of rotatable bonds is 4. The van der Waals surface area contributed by atoms with Crippen LogP contribution in [0.1, 0.15) is 50.1 Å². The van der Waals surface area contributed by atoms with E-state index in [0.717, 1.165) is 44.3 Å². The van der Waals surface area contributed by atoms with Gasteiger partial charge < -0.3 is 10.6 Å². The summed E-state index contributed by atoms with van der Waals surface area (Å²) in [6.45, 7) is 1.84. The van der Waals surface area contributed by atoms with Crippen LogP contribution in [-0.2, 0) is 4.79 Å². The molecule has 1 aromatic carbocycles. The number of amides is 1. The summed E-state index contributed by atoms with van der Waals surface area (Å²) >= 11 is 0. The molecule has 2 fully saturated rings. The maximum atomic E-state index is 13.2. The molecule has 0 spiro atoms. The van der Waals surface area contributed by atoms with Gasteiger partial charge in [0.05, 0.1) is 6.04 Å². The van der Waals surface area contributed by atoms with E-state index in [2.05, 4.69) is 10.6 Å². The van der Waals surface area contributed by atoms with Crippen LogP contribution in [-0.4, -0.2) is 19.0 Å². The van der Waals surface area contributed by atoms with Crippen molar-refractivity contribution < 1.29 is 9.18 Å². The van der Waals surface area contributed by atoms with Crippen molar-refractivity contribution in [2.45, 2.75) is 44.6 Å². The van der Waals surface area contributed by atoms with Crippen LogP contribution < -0.4 is 10.6 Å². The second-order valence-corrected chi connectivity index (χ2v) is 6.61. The fourth-order valence-electron chi connectivity index (χ4n) is 3.79. The van der Waals surface area contributed by atoms with Gasteiger partial charge in [-0.3, -0.25) is 4.79 Å². The molecule has 128 valence electrons. The third kappa shape index (κ3) is 4.67. The van der Waals surface area contributed by atoms with Crippen LogP contribution in [0.5, 0.6) is 0 Å². The Morgan fingerprint density at radius 1 is 1.09 bits per heavy atom. The van der Waals surface area contributed by atoms with Crippen molar-refractivity contribution in [1.29, 1.82) is 0 Å². The second kappa shape index (κ2) is 8.65. The van der Waals surface area contributed by atoms with E-state index in [9.17, 15) is 9.18 Å². The van der Waals surface area contributed by atoms with Crippen LogP contribution in [0.2, 0.25) is 0 Å². The van der Waals surface area contributed by atoms with Crippen molar-refractivity contribution in [3.05, 3.63) is 35.6 Å². The lowest BCUT2D eigenvalue weighted by molar-refractivity contribution is -0.126. The van der Waals surface area contributed by atoms with Crippen molar-refractivity contribution >= 4 is 18.3 Å². The Hall–Kier alpha value is -1.13. The molecule has 1 atom stereocenters. The largest absolute Gasteiger partial charge is 0.349 e. The van der Waals surface area contributed by atoms with Crippen molar-refractivity contribution in [1.82, 2.24) is 10.6 Å². The fraction of sp³-hybridized carbons (Fsp3) is 0.611. The van der Waals surface area contributed by atoms with Crippen molar-refractivity contribution in [3.63, 3.8) is 0 Å². The molecule has 3 rings (SSSR count).